The van der Waals surface area contributed by atoms with Crippen LogP contribution < -0.4 is 10.0 Å². The number of alkyl halides is 2. The maximum Gasteiger partial charge on any atom is 0.100 e. The Morgan fingerprint density at radius 3 is 2.11 bits per heavy atom. The van der Waals surface area contributed by atoms with E-state index in [4.69, 9.17) is 11.6 Å². The molecule has 0 spiro atoms. The smallest absolute Gasteiger partial charge is 0.100 e. The third-order valence-corrected chi connectivity index (χ3v) is 11.7. The second-order valence-corrected chi connectivity index (χ2v) is 16.0. The van der Waals surface area contributed by atoms with E-state index in [0.717, 1.165) is 62.8 Å². The van der Waals surface area contributed by atoms with Crippen molar-refractivity contribution in [1.29, 1.82) is 0 Å². The van der Waals surface area contributed by atoms with Crippen LogP contribution in [0.2, 0.25) is 0 Å². The van der Waals surface area contributed by atoms with Crippen LogP contribution in [0.1, 0.15) is 112 Å². The van der Waals surface area contributed by atoms with E-state index in [2.05, 4.69) is 48.7 Å². The molecular weight excluding hydrogens is 621 g/mol. The molecular formula is C33H73ClFN3O6S. The van der Waals surface area contributed by atoms with Gasteiger partial charge < -0.3 is 43.1 Å². The third kappa shape index (κ3) is 16.3. The number of nitrogens with one attached hydrogen (secondary N) is 2. The van der Waals surface area contributed by atoms with Gasteiger partial charge in [0.25, 0.3) is 0 Å². The average molecular weight is 694 g/mol. The lowest BCUT2D eigenvalue weighted by molar-refractivity contribution is 0.0590. The van der Waals surface area contributed by atoms with Crippen LogP contribution in [0, 0.1) is 29.1 Å². The third-order valence-electron chi connectivity index (χ3n) is 10.2. The predicted molar refractivity (Wildman–Crippen MR) is 193 cm³/mol. The van der Waals surface area contributed by atoms with Crippen LogP contribution in [0.25, 0.3) is 0 Å². The Hall–Kier alpha value is -0.0500. The second kappa shape index (κ2) is 25.0. The summed E-state index contributed by atoms with van der Waals surface area (Å²) in [6.45, 7) is 15.7. The van der Waals surface area contributed by atoms with Crippen molar-refractivity contribution in [2.24, 2.45) is 29.1 Å². The number of allylic oxidation sites excluding steroid dienone is 2. The van der Waals surface area contributed by atoms with Gasteiger partial charge in [-0.05, 0) is 113 Å². The highest BCUT2D eigenvalue weighted by Crippen LogP contribution is 2.43. The first-order valence-electron chi connectivity index (χ1n) is 16.0. The molecule has 3 aliphatic carbocycles. The van der Waals surface area contributed by atoms with Gasteiger partial charge in [0.05, 0.1) is 0 Å². The predicted octanol–water partition coefficient (Wildman–Crippen LogP) is 3.68. The van der Waals surface area contributed by atoms with Gasteiger partial charge in [-0.3, -0.25) is 4.72 Å². The Morgan fingerprint density at radius 2 is 1.56 bits per heavy atom. The molecule has 1 aliphatic heterocycles. The summed E-state index contributed by atoms with van der Waals surface area (Å²) in [5.41, 5.74) is 2.02. The summed E-state index contributed by atoms with van der Waals surface area (Å²) >= 11 is 8.27. The normalized spacial score (nSPS) is 30.2. The minimum absolute atomic E-state index is 0. The fourth-order valence-corrected chi connectivity index (χ4v) is 9.03. The molecule has 0 aromatic carbocycles. The van der Waals surface area contributed by atoms with Gasteiger partial charge in [0.2, 0.25) is 0 Å². The molecule has 3 unspecified atom stereocenters. The van der Waals surface area contributed by atoms with Gasteiger partial charge in [-0.25, -0.2) is 4.39 Å². The van der Waals surface area contributed by atoms with Gasteiger partial charge in [-0.2, -0.15) is 0 Å². The Kier molecular flexibility index (Phi) is 28.8. The van der Waals surface area contributed by atoms with Crippen LogP contribution in [0.15, 0.2) is 11.6 Å². The van der Waals surface area contributed by atoms with Gasteiger partial charge >= 0.3 is 0 Å². The molecule has 0 bridgehead atoms. The number of likely N-dealkylation sites (tertiary alicyclic amines) is 1. The van der Waals surface area contributed by atoms with Crippen molar-refractivity contribution < 1.29 is 37.2 Å². The molecule has 5 atom stereocenters. The van der Waals surface area contributed by atoms with E-state index in [1.54, 1.807) is 5.57 Å². The van der Waals surface area contributed by atoms with Crippen molar-refractivity contribution >= 4 is 23.5 Å². The number of nitrogens with zero attached hydrogens (tertiary/aromatic N) is 1. The lowest BCUT2D eigenvalue weighted by Crippen LogP contribution is -2.52. The number of hydrogen-bond acceptors (Lipinski definition) is 4. The van der Waals surface area contributed by atoms with Gasteiger partial charge in [0.1, 0.15) is 6.17 Å². The topological polar surface area (TPSA) is 216 Å². The van der Waals surface area contributed by atoms with Crippen molar-refractivity contribution in [3.63, 3.8) is 0 Å². The number of rotatable bonds is 11. The fraction of sp³-hybridized carbons (Fsp3) is 0.939. The summed E-state index contributed by atoms with van der Waals surface area (Å²) in [7, 11) is 0. The molecule has 3 fully saturated rings. The average Bonchev–Trinajstić information content (AvgIpc) is 2.88. The Morgan fingerprint density at radius 1 is 0.933 bits per heavy atom. The van der Waals surface area contributed by atoms with Crippen molar-refractivity contribution in [3.8, 4) is 0 Å². The minimum atomic E-state index is -0.551. The van der Waals surface area contributed by atoms with E-state index in [1.165, 1.54) is 64.7 Å². The quantitative estimate of drug-likeness (QED) is 0.188. The SMILES string of the molecule is C.CC(C)[C@H](CN1CC[C@H](C2=CCC(Cl)CC2)C(C)(C)C1)NCC1CCCC(CNSC2CCC(F)CC2)C1.O.O.O.O.O.O. The maximum absolute atomic E-state index is 13.4. The Bertz CT molecular complexity index is 764. The van der Waals surface area contributed by atoms with Gasteiger partial charge in [0.15, 0.2) is 0 Å². The molecule has 4 aliphatic rings. The molecule has 0 aromatic rings. The lowest BCUT2D eigenvalue weighted by Gasteiger charge is -2.47. The standard InChI is InChI=1S/C32H57ClFN3S.CH4.6H2O/c1-23(2)31(21-37-17-16-30(32(3,4)22-37)26-8-10-27(33)11-9-26)35-19-24-6-5-7-25(18-24)20-36-38-29-14-12-28(34)13-15-29;;;;;;;/h8,23-25,27-31,35-36H,5-7,9-22H2,1-4H3;1H4;6*1H2/t24?,25?,27?,28?,29?,30-,31+;;;;;;;/m1......./s1. The Labute approximate surface area is 283 Å². The molecule has 276 valence electrons. The van der Waals surface area contributed by atoms with Crippen LogP contribution in [0.3, 0.4) is 0 Å². The van der Waals surface area contributed by atoms with E-state index in [9.17, 15) is 4.39 Å². The number of piperidine rings is 1. The first-order valence-corrected chi connectivity index (χ1v) is 17.3. The maximum atomic E-state index is 13.4. The van der Waals surface area contributed by atoms with E-state index in [0.29, 0.717) is 28.0 Å². The Balaban J connectivity index is -0.00000120. The van der Waals surface area contributed by atoms with E-state index >= 15 is 0 Å². The summed E-state index contributed by atoms with van der Waals surface area (Å²) < 4.78 is 17.1. The summed E-state index contributed by atoms with van der Waals surface area (Å²) in [5.74, 6) is 2.96. The van der Waals surface area contributed by atoms with E-state index in [1.807, 2.05) is 11.9 Å². The molecule has 0 aromatic heterocycles. The molecule has 14 N–H and O–H groups in total. The highest BCUT2D eigenvalue weighted by atomic mass is 35.5. The molecule has 1 heterocycles. The molecule has 45 heavy (non-hydrogen) atoms. The number of hydrogen-bond donors (Lipinski definition) is 2. The molecule has 0 amide bonds. The first-order chi connectivity index (χ1) is 18.2. The van der Waals surface area contributed by atoms with Crippen LogP contribution in [0.4, 0.5) is 4.39 Å². The summed E-state index contributed by atoms with van der Waals surface area (Å²) in [6.07, 6.45) is 15.7. The van der Waals surface area contributed by atoms with Gasteiger partial charge in [-0.15, -0.1) is 11.6 Å². The molecule has 0 radical (unpaired) electrons. The largest absolute Gasteiger partial charge is 0.412 e. The van der Waals surface area contributed by atoms with Crippen molar-refractivity contribution in [2.75, 3.05) is 32.7 Å². The fourth-order valence-electron chi connectivity index (χ4n) is 7.75. The van der Waals surface area contributed by atoms with Gasteiger partial charge in [0, 0.05) is 36.3 Å². The van der Waals surface area contributed by atoms with Crippen LogP contribution in [0.5, 0.6) is 0 Å². The summed E-state index contributed by atoms with van der Waals surface area (Å²) in [4.78, 5) is 2.75. The highest BCUT2D eigenvalue weighted by Gasteiger charge is 2.39. The number of halogens is 2. The van der Waals surface area contributed by atoms with Crippen LogP contribution >= 0.6 is 23.5 Å². The molecule has 9 nitrogen and oxygen atoms in total. The zero-order valence-corrected chi connectivity index (χ0v) is 29.4. The first kappa shape index (κ1) is 51.8. The van der Waals surface area contributed by atoms with Crippen molar-refractivity contribution in [1.82, 2.24) is 14.9 Å². The van der Waals surface area contributed by atoms with Crippen molar-refractivity contribution in [2.45, 2.75) is 135 Å². The molecule has 12 heteroatoms. The van der Waals surface area contributed by atoms with E-state index < -0.39 is 6.17 Å². The van der Waals surface area contributed by atoms with E-state index in [-0.39, 0.29) is 40.3 Å². The second-order valence-electron chi connectivity index (χ2n) is 14.2. The zero-order valence-electron chi connectivity index (χ0n) is 27.8. The summed E-state index contributed by atoms with van der Waals surface area (Å²) in [6, 6.07) is 0.563. The van der Waals surface area contributed by atoms with Crippen LogP contribution in [-0.4, -0.2) is 93.3 Å². The monoisotopic (exact) mass is 693 g/mol. The zero-order chi connectivity index (χ0) is 27.1. The van der Waals surface area contributed by atoms with Gasteiger partial charge in [-0.1, -0.05) is 65.1 Å². The molecule has 2 saturated carbocycles. The molecule has 4 rings (SSSR count). The summed E-state index contributed by atoms with van der Waals surface area (Å²) in [5, 5.41) is 5.01. The van der Waals surface area contributed by atoms with Crippen LogP contribution in [-0.2, 0) is 0 Å². The highest BCUT2D eigenvalue weighted by molar-refractivity contribution is 7.98. The minimum Gasteiger partial charge on any atom is -0.412 e. The van der Waals surface area contributed by atoms with Crippen molar-refractivity contribution in [3.05, 3.63) is 11.6 Å². The molecule has 1 saturated heterocycles. The lowest BCUT2D eigenvalue weighted by atomic mass is 9.68.